The summed E-state index contributed by atoms with van der Waals surface area (Å²) in [6, 6.07) is 8.88. The Kier molecular flexibility index (Phi) is 3.35. The fourth-order valence-electron chi connectivity index (χ4n) is 1.54. The first-order valence-electron chi connectivity index (χ1n) is 5.29. The van der Waals surface area contributed by atoms with E-state index in [1.165, 1.54) is 0 Å². The van der Waals surface area contributed by atoms with Crippen molar-refractivity contribution >= 4 is 28.8 Å². The van der Waals surface area contributed by atoms with Crippen LogP contribution in [0.1, 0.15) is 11.1 Å². The zero-order valence-electron chi connectivity index (χ0n) is 9.74. The molecule has 1 aromatic carbocycles. The fourth-order valence-corrected chi connectivity index (χ4v) is 1.71. The van der Waals surface area contributed by atoms with Crippen LogP contribution in [0.3, 0.4) is 0 Å². The Balaban J connectivity index is 2.40. The number of nitrogens with zero attached hydrogens (tertiary/aromatic N) is 2. The van der Waals surface area contributed by atoms with Crippen molar-refractivity contribution in [2.45, 2.75) is 6.92 Å². The Morgan fingerprint density at radius 1 is 1.39 bits per heavy atom. The van der Waals surface area contributed by atoms with Crippen LogP contribution in [0.4, 0.5) is 17.2 Å². The molecule has 0 saturated carbocycles. The number of anilines is 3. The van der Waals surface area contributed by atoms with E-state index in [9.17, 15) is 0 Å². The van der Waals surface area contributed by atoms with Crippen LogP contribution in [0.2, 0.25) is 5.02 Å². The summed E-state index contributed by atoms with van der Waals surface area (Å²) in [5.41, 5.74) is 8.44. The largest absolute Gasteiger partial charge is 0.396 e. The van der Waals surface area contributed by atoms with E-state index >= 15 is 0 Å². The molecule has 1 aromatic heterocycles. The number of halogens is 1. The van der Waals surface area contributed by atoms with Crippen LogP contribution < -0.4 is 11.1 Å². The SMILES string of the molecule is Cc1cnc(Nc2cc(Cl)ccc2C#N)c(N)c1. The number of hydrogen-bond acceptors (Lipinski definition) is 4. The smallest absolute Gasteiger partial charge is 0.153 e. The molecule has 0 spiro atoms. The zero-order chi connectivity index (χ0) is 13.1. The number of pyridine rings is 1. The molecule has 4 nitrogen and oxygen atoms in total. The summed E-state index contributed by atoms with van der Waals surface area (Å²) in [5, 5.41) is 12.6. The Morgan fingerprint density at radius 2 is 2.17 bits per heavy atom. The molecule has 0 atom stereocenters. The van der Waals surface area contributed by atoms with Crippen LogP contribution in [-0.2, 0) is 0 Å². The van der Waals surface area contributed by atoms with Crippen molar-refractivity contribution in [2.24, 2.45) is 0 Å². The Morgan fingerprint density at radius 3 is 2.83 bits per heavy atom. The van der Waals surface area contributed by atoms with Crippen molar-refractivity contribution in [3.63, 3.8) is 0 Å². The summed E-state index contributed by atoms with van der Waals surface area (Å²) >= 11 is 5.90. The number of nitrogens with one attached hydrogen (secondary N) is 1. The molecule has 1 heterocycles. The van der Waals surface area contributed by atoms with E-state index in [0.29, 0.717) is 27.8 Å². The number of aryl methyl sites for hydroxylation is 1. The van der Waals surface area contributed by atoms with E-state index in [4.69, 9.17) is 22.6 Å². The second-order valence-corrected chi connectivity index (χ2v) is 4.31. The summed E-state index contributed by atoms with van der Waals surface area (Å²) in [7, 11) is 0. The highest BCUT2D eigenvalue weighted by Gasteiger charge is 2.06. The molecule has 18 heavy (non-hydrogen) atoms. The summed E-state index contributed by atoms with van der Waals surface area (Å²) in [6.07, 6.45) is 1.70. The molecule has 3 N–H and O–H groups in total. The zero-order valence-corrected chi connectivity index (χ0v) is 10.5. The third-order valence-corrected chi connectivity index (χ3v) is 2.64. The topological polar surface area (TPSA) is 74.7 Å². The third-order valence-electron chi connectivity index (χ3n) is 2.41. The highest BCUT2D eigenvalue weighted by molar-refractivity contribution is 6.30. The Labute approximate surface area is 110 Å². The van der Waals surface area contributed by atoms with Gasteiger partial charge in [-0.15, -0.1) is 0 Å². The van der Waals surface area contributed by atoms with Gasteiger partial charge >= 0.3 is 0 Å². The summed E-state index contributed by atoms with van der Waals surface area (Å²) in [6.45, 7) is 1.91. The first kappa shape index (κ1) is 12.2. The molecular weight excluding hydrogens is 248 g/mol. The van der Waals surface area contributed by atoms with Gasteiger partial charge in [0, 0.05) is 11.2 Å². The van der Waals surface area contributed by atoms with Gasteiger partial charge in [-0.3, -0.25) is 0 Å². The van der Waals surface area contributed by atoms with Crippen molar-refractivity contribution in [1.82, 2.24) is 4.98 Å². The molecule has 0 bridgehead atoms. The number of nitrogen functional groups attached to an aromatic ring is 1. The van der Waals surface area contributed by atoms with Gasteiger partial charge in [0.05, 0.1) is 16.9 Å². The Hall–Kier alpha value is -2.25. The molecule has 0 aliphatic heterocycles. The average Bonchev–Trinajstić information content (AvgIpc) is 2.33. The number of nitrogens with two attached hydrogens (primary N) is 1. The van der Waals surface area contributed by atoms with Gasteiger partial charge in [-0.2, -0.15) is 5.26 Å². The summed E-state index contributed by atoms with van der Waals surface area (Å²) in [4.78, 5) is 4.19. The minimum Gasteiger partial charge on any atom is -0.396 e. The van der Waals surface area contributed by atoms with Gasteiger partial charge < -0.3 is 11.1 Å². The van der Waals surface area contributed by atoms with Crippen molar-refractivity contribution in [3.8, 4) is 6.07 Å². The van der Waals surface area contributed by atoms with Crippen LogP contribution in [0, 0.1) is 18.3 Å². The molecule has 0 unspecified atom stereocenters. The molecule has 2 rings (SSSR count). The maximum atomic E-state index is 9.02. The van der Waals surface area contributed by atoms with E-state index in [1.54, 1.807) is 24.4 Å². The lowest BCUT2D eigenvalue weighted by Crippen LogP contribution is -2.01. The first-order chi connectivity index (χ1) is 8.60. The van der Waals surface area contributed by atoms with Gasteiger partial charge in [-0.05, 0) is 36.8 Å². The summed E-state index contributed by atoms with van der Waals surface area (Å²) in [5.74, 6) is 0.513. The molecule has 0 fully saturated rings. The van der Waals surface area contributed by atoms with E-state index in [0.717, 1.165) is 5.56 Å². The predicted molar refractivity (Wildman–Crippen MR) is 72.8 cm³/mol. The van der Waals surface area contributed by atoms with Crippen LogP contribution in [-0.4, -0.2) is 4.98 Å². The van der Waals surface area contributed by atoms with Gasteiger partial charge in [-0.25, -0.2) is 4.98 Å². The van der Waals surface area contributed by atoms with E-state index in [-0.39, 0.29) is 0 Å². The van der Waals surface area contributed by atoms with Gasteiger partial charge in [0.2, 0.25) is 0 Å². The molecule has 0 radical (unpaired) electrons. The minimum absolute atomic E-state index is 0.487. The van der Waals surface area contributed by atoms with Gasteiger partial charge in [0.15, 0.2) is 5.82 Å². The van der Waals surface area contributed by atoms with Crippen molar-refractivity contribution < 1.29 is 0 Å². The lowest BCUT2D eigenvalue weighted by atomic mass is 10.2. The monoisotopic (exact) mass is 258 g/mol. The van der Waals surface area contributed by atoms with Crippen molar-refractivity contribution in [1.29, 1.82) is 5.26 Å². The third kappa shape index (κ3) is 2.53. The van der Waals surface area contributed by atoms with Crippen LogP contribution >= 0.6 is 11.6 Å². The highest BCUT2D eigenvalue weighted by Crippen LogP contribution is 2.26. The van der Waals surface area contributed by atoms with Gasteiger partial charge in [0.1, 0.15) is 6.07 Å². The van der Waals surface area contributed by atoms with Crippen LogP contribution in [0.5, 0.6) is 0 Å². The predicted octanol–water partition coefficient (Wildman–Crippen LogP) is 3.24. The number of rotatable bonds is 2. The summed E-state index contributed by atoms with van der Waals surface area (Å²) < 4.78 is 0. The Bertz CT molecular complexity index is 631. The molecule has 0 aliphatic carbocycles. The maximum absolute atomic E-state index is 9.02. The average molecular weight is 259 g/mol. The maximum Gasteiger partial charge on any atom is 0.153 e. The molecule has 2 aromatic rings. The molecule has 0 amide bonds. The molecule has 0 aliphatic rings. The standard InChI is InChI=1S/C13H11ClN4/c1-8-4-11(16)13(17-7-8)18-12-5-10(14)3-2-9(12)6-15/h2-5,7H,16H2,1H3,(H,17,18). The van der Waals surface area contributed by atoms with Gasteiger partial charge in [0.25, 0.3) is 0 Å². The second-order valence-electron chi connectivity index (χ2n) is 3.88. The number of aromatic nitrogens is 1. The van der Waals surface area contributed by atoms with Crippen molar-refractivity contribution in [3.05, 3.63) is 46.6 Å². The normalized spacial score (nSPS) is 9.83. The van der Waals surface area contributed by atoms with Crippen molar-refractivity contribution in [2.75, 3.05) is 11.1 Å². The molecule has 5 heteroatoms. The first-order valence-corrected chi connectivity index (χ1v) is 5.67. The van der Waals surface area contributed by atoms with Gasteiger partial charge in [-0.1, -0.05) is 11.6 Å². The fraction of sp³-hybridized carbons (Fsp3) is 0.0769. The molecular formula is C13H11ClN4. The lowest BCUT2D eigenvalue weighted by Gasteiger charge is -2.10. The molecule has 90 valence electrons. The van der Waals surface area contributed by atoms with E-state index < -0.39 is 0 Å². The highest BCUT2D eigenvalue weighted by atomic mass is 35.5. The van der Waals surface area contributed by atoms with E-state index in [2.05, 4.69) is 16.4 Å². The van der Waals surface area contributed by atoms with Crippen LogP contribution in [0.15, 0.2) is 30.5 Å². The molecule has 0 saturated heterocycles. The van der Waals surface area contributed by atoms with Crippen LogP contribution in [0.25, 0.3) is 0 Å². The number of nitriles is 1. The quantitative estimate of drug-likeness (QED) is 0.867. The number of benzene rings is 1. The minimum atomic E-state index is 0.487. The second kappa shape index (κ2) is 4.94. The number of hydrogen-bond donors (Lipinski definition) is 2. The lowest BCUT2D eigenvalue weighted by molar-refractivity contribution is 1.26. The van der Waals surface area contributed by atoms with E-state index in [1.807, 2.05) is 13.0 Å².